The van der Waals surface area contributed by atoms with Crippen molar-refractivity contribution in [3.05, 3.63) is 52.8 Å². The molecule has 0 aliphatic carbocycles. The van der Waals surface area contributed by atoms with Crippen LogP contribution in [0, 0.1) is 5.82 Å². The molecule has 1 aromatic carbocycles. The van der Waals surface area contributed by atoms with Crippen LogP contribution < -0.4 is 5.32 Å². The number of nitrogens with zero attached hydrogens (tertiary/aromatic N) is 2. The van der Waals surface area contributed by atoms with E-state index < -0.39 is 0 Å². The van der Waals surface area contributed by atoms with E-state index in [0.29, 0.717) is 17.0 Å². The van der Waals surface area contributed by atoms with E-state index in [9.17, 15) is 4.39 Å². The van der Waals surface area contributed by atoms with E-state index in [4.69, 9.17) is 11.6 Å². The first kappa shape index (κ1) is 16.0. The van der Waals surface area contributed by atoms with Gasteiger partial charge in [-0.25, -0.2) is 9.37 Å². The average Bonchev–Trinajstić information content (AvgIpc) is 2.90. The van der Waals surface area contributed by atoms with Gasteiger partial charge in [0.25, 0.3) is 0 Å². The third-order valence-electron chi connectivity index (χ3n) is 3.58. The summed E-state index contributed by atoms with van der Waals surface area (Å²) in [6.07, 6.45) is 5.07. The van der Waals surface area contributed by atoms with Gasteiger partial charge in [-0.05, 0) is 32.0 Å². The van der Waals surface area contributed by atoms with Crippen molar-refractivity contribution in [2.45, 2.75) is 39.3 Å². The summed E-state index contributed by atoms with van der Waals surface area (Å²) in [5, 5.41) is 3.88. The summed E-state index contributed by atoms with van der Waals surface area (Å²) in [5.74, 6) is 0.764. The SMILES string of the molecule is CCNC(Cc1c(F)cccc1Cl)Cc1nccn1CC. The molecule has 1 unspecified atom stereocenters. The van der Waals surface area contributed by atoms with Gasteiger partial charge in [0.05, 0.1) is 0 Å². The molecule has 0 amide bonds. The molecule has 3 nitrogen and oxygen atoms in total. The minimum Gasteiger partial charge on any atom is -0.335 e. The van der Waals surface area contributed by atoms with Crippen LogP contribution in [0.2, 0.25) is 5.02 Å². The average molecular weight is 310 g/mol. The van der Waals surface area contributed by atoms with Gasteiger partial charge in [0.2, 0.25) is 0 Å². The number of rotatable bonds is 7. The first-order chi connectivity index (χ1) is 10.2. The van der Waals surface area contributed by atoms with Crippen LogP contribution in [0.15, 0.2) is 30.6 Å². The molecular formula is C16H21ClFN3. The third-order valence-corrected chi connectivity index (χ3v) is 3.93. The number of benzene rings is 1. The minimum atomic E-state index is -0.246. The highest BCUT2D eigenvalue weighted by Crippen LogP contribution is 2.21. The molecule has 0 aliphatic heterocycles. The summed E-state index contributed by atoms with van der Waals surface area (Å²) in [5.41, 5.74) is 0.569. The molecule has 2 rings (SSSR count). The third kappa shape index (κ3) is 4.05. The molecule has 0 aliphatic rings. The Hall–Kier alpha value is -1.39. The van der Waals surface area contributed by atoms with Gasteiger partial charge >= 0.3 is 0 Å². The summed E-state index contributed by atoms with van der Waals surface area (Å²) in [6.45, 7) is 5.83. The quantitative estimate of drug-likeness (QED) is 0.849. The highest BCUT2D eigenvalue weighted by Gasteiger charge is 2.16. The second kappa shape index (κ2) is 7.57. The van der Waals surface area contributed by atoms with Gasteiger partial charge in [0.15, 0.2) is 0 Å². The molecule has 0 spiro atoms. The topological polar surface area (TPSA) is 29.9 Å². The molecule has 0 radical (unpaired) electrons. The van der Waals surface area contributed by atoms with E-state index in [1.165, 1.54) is 6.07 Å². The van der Waals surface area contributed by atoms with Crippen LogP contribution >= 0.6 is 11.6 Å². The lowest BCUT2D eigenvalue weighted by Crippen LogP contribution is -2.34. The van der Waals surface area contributed by atoms with Crippen molar-refractivity contribution in [3.63, 3.8) is 0 Å². The maximum atomic E-state index is 13.9. The number of hydrogen-bond acceptors (Lipinski definition) is 2. The van der Waals surface area contributed by atoms with Crippen molar-refractivity contribution < 1.29 is 4.39 Å². The van der Waals surface area contributed by atoms with E-state index in [0.717, 1.165) is 25.3 Å². The smallest absolute Gasteiger partial charge is 0.127 e. The van der Waals surface area contributed by atoms with Crippen molar-refractivity contribution >= 4 is 11.6 Å². The highest BCUT2D eigenvalue weighted by molar-refractivity contribution is 6.31. The van der Waals surface area contributed by atoms with Gasteiger partial charge in [-0.3, -0.25) is 0 Å². The lowest BCUT2D eigenvalue weighted by molar-refractivity contribution is 0.487. The van der Waals surface area contributed by atoms with Gasteiger partial charge in [-0.1, -0.05) is 24.6 Å². The fourth-order valence-electron chi connectivity index (χ4n) is 2.52. The standard InChI is InChI=1S/C16H21ClFN3/c1-3-19-12(11-16-20-8-9-21(16)4-2)10-13-14(17)6-5-7-15(13)18/h5-9,12,19H,3-4,10-11H2,1-2H3. The number of nitrogens with one attached hydrogen (secondary N) is 1. The van der Waals surface area contributed by atoms with E-state index in [2.05, 4.69) is 21.8 Å². The minimum absolute atomic E-state index is 0.108. The molecule has 1 N–H and O–H groups in total. The van der Waals surface area contributed by atoms with Gasteiger partial charge in [-0.15, -0.1) is 0 Å². The molecule has 1 atom stereocenters. The van der Waals surface area contributed by atoms with E-state index in [1.807, 2.05) is 13.1 Å². The Balaban J connectivity index is 2.16. The van der Waals surface area contributed by atoms with Crippen LogP contribution in [-0.2, 0) is 19.4 Å². The number of imidazole rings is 1. The number of aryl methyl sites for hydroxylation is 1. The second-order valence-corrected chi connectivity index (χ2v) is 5.40. The highest BCUT2D eigenvalue weighted by atomic mass is 35.5. The summed E-state index contributed by atoms with van der Waals surface area (Å²) < 4.78 is 16.0. The Labute approximate surface area is 130 Å². The van der Waals surface area contributed by atoms with Crippen LogP contribution in [0.3, 0.4) is 0 Å². The summed E-state index contributed by atoms with van der Waals surface area (Å²) in [7, 11) is 0. The normalized spacial score (nSPS) is 12.6. The Kier molecular flexibility index (Phi) is 5.76. The van der Waals surface area contributed by atoms with Gasteiger partial charge < -0.3 is 9.88 Å². The van der Waals surface area contributed by atoms with Crippen LogP contribution in [0.25, 0.3) is 0 Å². The zero-order valence-electron chi connectivity index (χ0n) is 12.4. The monoisotopic (exact) mass is 309 g/mol. The lowest BCUT2D eigenvalue weighted by Gasteiger charge is -2.19. The van der Waals surface area contributed by atoms with E-state index in [1.54, 1.807) is 18.3 Å². The number of hydrogen-bond donors (Lipinski definition) is 1. The Bertz CT molecular complexity index is 562. The Morgan fingerprint density at radius 3 is 2.81 bits per heavy atom. The van der Waals surface area contributed by atoms with Gasteiger partial charge in [0, 0.05) is 42.0 Å². The predicted molar refractivity (Wildman–Crippen MR) is 84.2 cm³/mol. The summed E-state index contributed by atoms with van der Waals surface area (Å²) >= 11 is 6.13. The number of likely N-dealkylation sites (N-methyl/N-ethyl adjacent to an activating group) is 1. The van der Waals surface area contributed by atoms with Crippen LogP contribution in [0.1, 0.15) is 25.2 Å². The maximum Gasteiger partial charge on any atom is 0.127 e. The molecule has 0 saturated heterocycles. The first-order valence-corrected chi connectivity index (χ1v) is 7.69. The molecule has 1 aromatic heterocycles. The van der Waals surface area contributed by atoms with E-state index in [-0.39, 0.29) is 11.9 Å². The van der Waals surface area contributed by atoms with Crippen molar-refractivity contribution in [2.75, 3.05) is 6.54 Å². The lowest BCUT2D eigenvalue weighted by atomic mass is 10.0. The molecule has 2 aromatic rings. The fraction of sp³-hybridized carbons (Fsp3) is 0.438. The molecule has 5 heteroatoms. The number of halogens is 2. The molecule has 1 heterocycles. The molecule has 21 heavy (non-hydrogen) atoms. The Morgan fingerprint density at radius 2 is 2.14 bits per heavy atom. The van der Waals surface area contributed by atoms with Crippen LogP contribution in [0.4, 0.5) is 4.39 Å². The molecular weight excluding hydrogens is 289 g/mol. The predicted octanol–water partition coefficient (Wildman–Crippen LogP) is 3.46. The molecule has 114 valence electrons. The Morgan fingerprint density at radius 1 is 1.33 bits per heavy atom. The first-order valence-electron chi connectivity index (χ1n) is 7.32. The van der Waals surface area contributed by atoms with Gasteiger partial charge in [0.1, 0.15) is 11.6 Å². The zero-order chi connectivity index (χ0) is 15.2. The second-order valence-electron chi connectivity index (χ2n) is 4.99. The van der Waals surface area contributed by atoms with Crippen LogP contribution in [-0.4, -0.2) is 22.1 Å². The fourth-order valence-corrected chi connectivity index (χ4v) is 2.76. The van der Waals surface area contributed by atoms with E-state index >= 15 is 0 Å². The van der Waals surface area contributed by atoms with Crippen molar-refractivity contribution in [1.29, 1.82) is 0 Å². The summed E-state index contributed by atoms with van der Waals surface area (Å²) in [6, 6.07) is 4.93. The van der Waals surface area contributed by atoms with Crippen molar-refractivity contribution in [2.24, 2.45) is 0 Å². The molecule has 0 bridgehead atoms. The molecule has 0 fully saturated rings. The largest absolute Gasteiger partial charge is 0.335 e. The maximum absolute atomic E-state index is 13.9. The van der Waals surface area contributed by atoms with Crippen molar-refractivity contribution in [3.8, 4) is 0 Å². The zero-order valence-corrected chi connectivity index (χ0v) is 13.2. The summed E-state index contributed by atoms with van der Waals surface area (Å²) in [4.78, 5) is 4.39. The molecule has 0 saturated carbocycles. The number of aromatic nitrogens is 2. The van der Waals surface area contributed by atoms with Crippen LogP contribution in [0.5, 0.6) is 0 Å². The van der Waals surface area contributed by atoms with Gasteiger partial charge in [-0.2, -0.15) is 0 Å². The van der Waals surface area contributed by atoms with Crippen molar-refractivity contribution in [1.82, 2.24) is 14.9 Å².